The first-order valence-electron chi connectivity index (χ1n) is 12.4. The second-order valence-electron chi connectivity index (χ2n) is 11.7. The van der Waals surface area contributed by atoms with Crippen molar-refractivity contribution < 1.29 is 19.4 Å². The smallest absolute Gasteiger partial charge is 0.227 e. The number of piperidine rings is 1. The lowest BCUT2D eigenvalue weighted by atomic mass is 9.78. The molecule has 0 bridgehead atoms. The maximum atomic E-state index is 13.1. The number of aromatic hydroxyl groups is 1. The molecule has 2 aliphatic heterocycles. The van der Waals surface area contributed by atoms with Gasteiger partial charge < -0.3 is 19.6 Å². The average Bonchev–Trinajstić information content (AvgIpc) is 2.76. The molecule has 2 saturated heterocycles. The van der Waals surface area contributed by atoms with Crippen LogP contribution in [0.5, 0.6) is 5.75 Å². The van der Waals surface area contributed by atoms with Gasteiger partial charge in [-0.1, -0.05) is 53.7 Å². The van der Waals surface area contributed by atoms with Crippen molar-refractivity contribution in [3.05, 3.63) is 28.8 Å². The fourth-order valence-corrected chi connectivity index (χ4v) is 4.84. The van der Waals surface area contributed by atoms with Gasteiger partial charge in [0.25, 0.3) is 0 Å². The molecule has 2 amide bonds. The van der Waals surface area contributed by atoms with Crippen molar-refractivity contribution in [2.24, 2.45) is 5.92 Å². The van der Waals surface area contributed by atoms with Gasteiger partial charge in [0, 0.05) is 32.6 Å². The Bertz CT molecular complexity index is 825. The molecule has 2 aliphatic rings. The highest BCUT2D eigenvalue weighted by atomic mass is 16.5. The van der Waals surface area contributed by atoms with E-state index in [4.69, 9.17) is 4.74 Å². The first-order chi connectivity index (χ1) is 15.4. The molecule has 2 fully saturated rings. The molecule has 0 saturated carbocycles. The van der Waals surface area contributed by atoms with Crippen molar-refractivity contribution in [3.8, 4) is 5.75 Å². The van der Waals surface area contributed by atoms with Gasteiger partial charge in [0.15, 0.2) is 0 Å². The summed E-state index contributed by atoms with van der Waals surface area (Å²) in [5.74, 6) is 0.538. The third kappa shape index (κ3) is 6.28. The van der Waals surface area contributed by atoms with Crippen LogP contribution in [-0.2, 0) is 31.6 Å². The van der Waals surface area contributed by atoms with Crippen molar-refractivity contribution in [2.75, 3.05) is 39.4 Å². The Kier molecular flexibility index (Phi) is 7.77. The van der Waals surface area contributed by atoms with Gasteiger partial charge in [0.1, 0.15) is 5.75 Å². The minimum atomic E-state index is -0.190. The first-order valence-corrected chi connectivity index (χ1v) is 12.4. The number of carbonyl (C=O) groups excluding carboxylic acids is 2. The molecule has 1 aromatic rings. The highest BCUT2D eigenvalue weighted by Gasteiger charge is 2.32. The number of phenolic OH excluding ortho intramolecular Hbond substituents is 1. The average molecular weight is 459 g/mol. The van der Waals surface area contributed by atoms with Gasteiger partial charge in [0.05, 0.1) is 19.1 Å². The Balaban J connectivity index is 1.68. The summed E-state index contributed by atoms with van der Waals surface area (Å²) < 4.78 is 5.36. The lowest BCUT2D eigenvalue weighted by Gasteiger charge is -2.36. The SMILES string of the molecule is CC(C)(C)c1cc(CCC(=O)N2CCC[C@@H](C(=O)N3CCOCC3)C2)cc(C(C)(C)C)c1O. The van der Waals surface area contributed by atoms with Gasteiger partial charge in [-0.2, -0.15) is 0 Å². The molecule has 0 radical (unpaired) electrons. The van der Waals surface area contributed by atoms with E-state index in [1.807, 2.05) is 9.80 Å². The predicted molar refractivity (Wildman–Crippen MR) is 131 cm³/mol. The van der Waals surface area contributed by atoms with Gasteiger partial charge >= 0.3 is 0 Å². The van der Waals surface area contributed by atoms with Crippen LogP contribution in [0.25, 0.3) is 0 Å². The van der Waals surface area contributed by atoms with E-state index in [1.54, 1.807) is 0 Å². The fraction of sp³-hybridized carbons (Fsp3) is 0.704. The number of rotatable bonds is 4. The fourth-order valence-electron chi connectivity index (χ4n) is 4.84. The van der Waals surface area contributed by atoms with E-state index in [-0.39, 0.29) is 28.6 Å². The maximum absolute atomic E-state index is 13.1. The third-order valence-electron chi connectivity index (χ3n) is 6.86. The number of aryl methyl sites for hydroxylation is 1. The Labute approximate surface area is 199 Å². The minimum Gasteiger partial charge on any atom is -0.507 e. The molecule has 2 heterocycles. The van der Waals surface area contributed by atoms with Crippen molar-refractivity contribution in [3.63, 3.8) is 0 Å². The van der Waals surface area contributed by atoms with Crippen molar-refractivity contribution in [1.29, 1.82) is 0 Å². The lowest BCUT2D eigenvalue weighted by molar-refractivity contribution is -0.144. The normalized spacial score (nSPS) is 20.1. The molecule has 0 unspecified atom stereocenters. The highest BCUT2D eigenvalue weighted by molar-refractivity contribution is 5.81. The Morgan fingerprint density at radius 1 is 0.970 bits per heavy atom. The second kappa shape index (κ2) is 10.0. The quantitative estimate of drug-likeness (QED) is 0.740. The summed E-state index contributed by atoms with van der Waals surface area (Å²) in [6, 6.07) is 4.11. The number of morpholine rings is 1. The molecule has 1 N–H and O–H groups in total. The number of nitrogens with zero attached hydrogens (tertiary/aromatic N) is 2. The van der Waals surface area contributed by atoms with Crippen LogP contribution in [-0.4, -0.2) is 66.1 Å². The number of amides is 2. The van der Waals surface area contributed by atoms with Crippen LogP contribution in [0.2, 0.25) is 0 Å². The Hall–Kier alpha value is -2.08. The number of hydrogen-bond donors (Lipinski definition) is 1. The van der Waals surface area contributed by atoms with Crippen LogP contribution in [0, 0.1) is 5.92 Å². The molecule has 0 aromatic heterocycles. The number of hydrogen-bond acceptors (Lipinski definition) is 4. The van der Waals surface area contributed by atoms with Crippen LogP contribution in [0.4, 0.5) is 0 Å². The van der Waals surface area contributed by atoms with E-state index in [1.165, 1.54) is 0 Å². The molecule has 6 heteroatoms. The molecule has 33 heavy (non-hydrogen) atoms. The molecule has 6 nitrogen and oxygen atoms in total. The van der Waals surface area contributed by atoms with Gasteiger partial charge in [-0.15, -0.1) is 0 Å². The summed E-state index contributed by atoms with van der Waals surface area (Å²) in [4.78, 5) is 29.7. The summed E-state index contributed by atoms with van der Waals surface area (Å²) in [5.41, 5.74) is 2.54. The van der Waals surface area contributed by atoms with E-state index < -0.39 is 0 Å². The summed E-state index contributed by atoms with van der Waals surface area (Å²) in [7, 11) is 0. The first kappa shape index (κ1) is 25.5. The zero-order valence-corrected chi connectivity index (χ0v) is 21.4. The zero-order chi connectivity index (χ0) is 24.4. The van der Waals surface area contributed by atoms with Crippen LogP contribution in [0.1, 0.15) is 77.5 Å². The van der Waals surface area contributed by atoms with Crippen LogP contribution in [0.3, 0.4) is 0 Å². The minimum absolute atomic E-state index is 0.102. The molecule has 184 valence electrons. The summed E-state index contributed by atoms with van der Waals surface area (Å²) in [6.45, 7) is 16.3. The Morgan fingerprint density at radius 2 is 1.55 bits per heavy atom. The number of ether oxygens (including phenoxy) is 1. The molecular weight excluding hydrogens is 416 g/mol. The van der Waals surface area contributed by atoms with E-state index in [0.29, 0.717) is 51.4 Å². The van der Waals surface area contributed by atoms with E-state index in [0.717, 1.165) is 36.1 Å². The van der Waals surface area contributed by atoms with Crippen molar-refractivity contribution in [2.45, 2.75) is 78.1 Å². The van der Waals surface area contributed by atoms with Crippen molar-refractivity contribution >= 4 is 11.8 Å². The summed E-state index contributed by atoms with van der Waals surface area (Å²) in [5, 5.41) is 10.9. The van der Waals surface area contributed by atoms with Crippen LogP contribution >= 0.6 is 0 Å². The molecule has 0 spiro atoms. The molecule has 1 atom stereocenters. The second-order valence-corrected chi connectivity index (χ2v) is 11.7. The highest BCUT2D eigenvalue weighted by Crippen LogP contribution is 2.40. The van der Waals surface area contributed by atoms with E-state index in [2.05, 4.69) is 53.7 Å². The summed E-state index contributed by atoms with van der Waals surface area (Å²) >= 11 is 0. The van der Waals surface area contributed by atoms with Gasteiger partial charge in [0.2, 0.25) is 11.8 Å². The number of phenols is 1. The molecular formula is C27H42N2O4. The maximum Gasteiger partial charge on any atom is 0.227 e. The Morgan fingerprint density at radius 3 is 2.09 bits per heavy atom. The predicted octanol–water partition coefficient (Wildman–Crippen LogP) is 4.02. The van der Waals surface area contributed by atoms with Crippen LogP contribution < -0.4 is 0 Å². The van der Waals surface area contributed by atoms with Gasteiger partial charge in [-0.25, -0.2) is 0 Å². The largest absolute Gasteiger partial charge is 0.507 e. The van der Waals surface area contributed by atoms with Crippen LogP contribution in [0.15, 0.2) is 12.1 Å². The number of benzene rings is 1. The topological polar surface area (TPSA) is 70.1 Å². The van der Waals surface area contributed by atoms with Gasteiger partial charge in [-0.05, 0) is 46.8 Å². The number of likely N-dealkylation sites (tertiary alicyclic amines) is 1. The van der Waals surface area contributed by atoms with E-state index >= 15 is 0 Å². The molecule has 1 aromatic carbocycles. The van der Waals surface area contributed by atoms with Crippen molar-refractivity contribution in [1.82, 2.24) is 9.80 Å². The van der Waals surface area contributed by atoms with E-state index in [9.17, 15) is 14.7 Å². The summed E-state index contributed by atoms with van der Waals surface area (Å²) in [6.07, 6.45) is 2.76. The van der Waals surface area contributed by atoms with Gasteiger partial charge in [-0.3, -0.25) is 9.59 Å². The standard InChI is InChI=1S/C27H42N2O4/c1-26(2,3)21-16-19(17-22(24(21)31)27(4,5)6)9-10-23(30)29-11-7-8-20(18-29)25(32)28-12-14-33-15-13-28/h16-17,20,31H,7-15,18H2,1-6H3/t20-/m1/s1. The number of carbonyl (C=O) groups is 2. The molecule has 3 rings (SSSR count). The monoisotopic (exact) mass is 458 g/mol. The molecule has 0 aliphatic carbocycles. The zero-order valence-electron chi connectivity index (χ0n) is 21.4. The lowest BCUT2D eigenvalue weighted by Crippen LogP contribution is -2.49. The third-order valence-corrected chi connectivity index (χ3v) is 6.86.